The fraction of sp³-hybridized carbons (Fsp3) is 0.150. The van der Waals surface area contributed by atoms with Crippen LogP contribution in [0.5, 0.6) is 11.5 Å². The number of urea groups is 1. The lowest BCUT2D eigenvalue weighted by Crippen LogP contribution is -2.54. The van der Waals surface area contributed by atoms with Crippen molar-refractivity contribution in [3.8, 4) is 11.5 Å². The van der Waals surface area contributed by atoms with Gasteiger partial charge in [-0.3, -0.25) is 14.9 Å². The Morgan fingerprint density at radius 2 is 1.76 bits per heavy atom. The Hall–Kier alpha value is -3.03. The van der Waals surface area contributed by atoms with E-state index in [0.29, 0.717) is 27.6 Å². The third kappa shape index (κ3) is 3.92. The molecule has 2 aromatic carbocycles. The van der Waals surface area contributed by atoms with Gasteiger partial charge in [0, 0.05) is 5.02 Å². The highest BCUT2D eigenvalue weighted by Crippen LogP contribution is 2.37. The van der Waals surface area contributed by atoms with Gasteiger partial charge in [-0.2, -0.15) is 0 Å². The van der Waals surface area contributed by atoms with Crippen molar-refractivity contribution in [1.29, 1.82) is 0 Å². The highest BCUT2D eigenvalue weighted by atomic mass is 35.5. The number of nitrogens with zero attached hydrogens (tertiary/aromatic N) is 1. The van der Waals surface area contributed by atoms with Gasteiger partial charge in [-0.25, -0.2) is 9.69 Å². The van der Waals surface area contributed by atoms with Gasteiger partial charge in [0.15, 0.2) is 11.5 Å². The highest BCUT2D eigenvalue weighted by Gasteiger charge is 2.37. The molecule has 150 valence electrons. The van der Waals surface area contributed by atoms with Crippen molar-refractivity contribution in [3.63, 3.8) is 0 Å². The molecule has 0 atom stereocenters. The normalized spacial score (nSPS) is 15.6. The lowest BCUT2D eigenvalue weighted by atomic mass is 10.1. The van der Waals surface area contributed by atoms with E-state index in [9.17, 15) is 14.4 Å². The lowest BCUT2D eigenvalue weighted by molar-refractivity contribution is -0.122. The van der Waals surface area contributed by atoms with Crippen LogP contribution >= 0.6 is 23.2 Å². The second-order valence-electron chi connectivity index (χ2n) is 6.13. The van der Waals surface area contributed by atoms with Gasteiger partial charge >= 0.3 is 6.03 Å². The number of carbonyl (C=O) groups excluding carboxylic acids is 3. The maximum Gasteiger partial charge on any atom is 0.335 e. The van der Waals surface area contributed by atoms with Crippen LogP contribution in [0.3, 0.4) is 0 Å². The van der Waals surface area contributed by atoms with Gasteiger partial charge in [0.05, 0.1) is 24.9 Å². The molecule has 0 aromatic heterocycles. The van der Waals surface area contributed by atoms with Gasteiger partial charge in [-0.15, -0.1) is 0 Å². The zero-order chi connectivity index (χ0) is 21.3. The number of rotatable bonds is 4. The smallest absolute Gasteiger partial charge is 0.335 e. The van der Waals surface area contributed by atoms with E-state index in [4.69, 9.17) is 32.7 Å². The van der Waals surface area contributed by atoms with Crippen molar-refractivity contribution in [1.82, 2.24) is 5.32 Å². The van der Waals surface area contributed by atoms with Crippen LogP contribution in [0.4, 0.5) is 10.5 Å². The first-order chi connectivity index (χ1) is 13.8. The molecule has 7 nitrogen and oxygen atoms in total. The topological polar surface area (TPSA) is 84.9 Å². The van der Waals surface area contributed by atoms with Gasteiger partial charge in [0.1, 0.15) is 5.57 Å². The Bertz CT molecular complexity index is 1070. The van der Waals surface area contributed by atoms with Crippen LogP contribution in [0.2, 0.25) is 10.0 Å². The molecule has 1 heterocycles. The van der Waals surface area contributed by atoms with Crippen LogP contribution in [0.15, 0.2) is 35.9 Å². The summed E-state index contributed by atoms with van der Waals surface area (Å²) in [5.74, 6) is -0.951. The van der Waals surface area contributed by atoms with Crippen molar-refractivity contribution in [3.05, 3.63) is 57.1 Å². The molecule has 29 heavy (non-hydrogen) atoms. The summed E-state index contributed by atoms with van der Waals surface area (Å²) in [6.45, 7) is 1.72. The van der Waals surface area contributed by atoms with Crippen molar-refractivity contribution in [2.24, 2.45) is 0 Å². The van der Waals surface area contributed by atoms with Crippen LogP contribution in [0.25, 0.3) is 6.08 Å². The van der Waals surface area contributed by atoms with Crippen molar-refractivity contribution in [2.75, 3.05) is 19.1 Å². The molecule has 1 aliphatic heterocycles. The molecular weight excluding hydrogens is 419 g/mol. The third-order valence-corrected chi connectivity index (χ3v) is 4.80. The SMILES string of the molecule is COc1cc(/C=C2\C(=O)NC(=O)N(c3cc(Cl)ccc3C)C2=O)cc(Cl)c1OC. The molecule has 0 unspecified atom stereocenters. The number of halogens is 2. The molecule has 3 rings (SSSR count). The number of hydrogen-bond donors (Lipinski definition) is 1. The number of ether oxygens (including phenoxy) is 2. The zero-order valence-corrected chi connectivity index (χ0v) is 17.2. The summed E-state index contributed by atoms with van der Waals surface area (Å²) in [6, 6.07) is 7.01. The Balaban J connectivity index is 2.09. The predicted octanol–water partition coefficient (Wildman–Crippen LogP) is 3.99. The quantitative estimate of drug-likeness (QED) is 0.580. The number of aryl methyl sites for hydroxylation is 1. The minimum absolute atomic E-state index is 0.237. The van der Waals surface area contributed by atoms with E-state index in [0.717, 1.165) is 4.90 Å². The van der Waals surface area contributed by atoms with E-state index in [1.54, 1.807) is 25.1 Å². The van der Waals surface area contributed by atoms with Crippen molar-refractivity contribution >= 4 is 52.8 Å². The molecule has 0 spiro atoms. The fourth-order valence-corrected chi connectivity index (χ4v) is 3.35. The van der Waals surface area contributed by atoms with Gasteiger partial charge in [0.2, 0.25) is 0 Å². The van der Waals surface area contributed by atoms with Crippen LogP contribution in [-0.4, -0.2) is 32.1 Å². The van der Waals surface area contributed by atoms with E-state index in [2.05, 4.69) is 5.32 Å². The number of anilines is 1. The molecule has 0 aliphatic carbocycles. The number of benzene rings is 2. The number of barbiturate groups is 1. The first kappa shape index (κ1) is 20.7. The second kappa shape index (κ2) is 8.14. The largest absolute Gasteiger partial charge is 0.493 e. The zero-order valence-electron chi connectivity index (χ0n) is 15.7. The number of imide groups is 2. The molecule has 1 N–H and O–H groups in total. The average molecular weight is 435 g/mol. The van der Waals surface area contributed by atoms with Crippen LogP contribution < -0.4 is 19.7 Å². The fourth-order valence-electron chi connectivity index (χ4n) is 2.89. The molecule has 4 amide bonds. The van der Waals surface area contributed by atoms with Gasteiger partial charge in [-0.1, -0.05) is 29.3 Å². The highest BCUT2D eigenvalue weighted by molar-refractivity contribution is 6.40. The standard InChI is InChI=1S/C20H16Cl2N2O5/c1-10-4-5-12(21)9-15(10)24-19(26)13(18(25)23-20(24)27)6-11-7-14(22)17(29-3)16(8-11)28-2/h4-9H,1-3H3,(H,23,25,27)/b13-6+. The van der Waals surface area contributed by atoms with E-state index >= 15 is 0 Å². The van der Waals surface area contributed by atoms with Crippen molar-refractivity contribution < 1.29 is 23.9 Å². The van der Waals surface area contributed by atoms with E-state index in [-0.39, 0.29) is 16.3 Å². The molecule has 0 radical (unpaired) electrons. The van der Waals surface area contributed by atoms with Gasteiger partial charge in [0.25, 0.3) is 11.8 Å². The summed E-state index contributed by atoms with van der Waals surface area (Å²) in [6.07, 6.45) is 1.32. The average Bonchev–Trinajstić information content (AvgIpc) is 2.67. The monoisotopic (exact) mass is 434 g/mol. The Labute approximate surface area is 176 Å². The summed E-state index contributed by atoms with van der Waals surface area (Å²) in [5.41, 5.74) is 1.10. The summed E-state index contributed by atoms with van der Waals surface area (Å²) < 4.78 is 10.4. The molecule has 0 saturated carbocycles. The van der Waals surface area contributed by atoms with Crippen molar-refractivity contribution in [2.45, 2.75) is 6.92 Å². The summed E-state index contributed by atoms with van der Waals surface area (Å²) in [7, 11) is 2.88. The Kier molecular flexibility index (Phi) is 5.81. The second-order valence-corrected chi connectivity index (χ2v) is 6.97. The summed E-state index contributed by atoms with van der Waals surface area (Å²) in [5, 5.41) is 2.75. The molecule has 0 bridgehead atoms. The molecule has 1 saturated heterocycles. The van der Waals surface area contributed by atoms with E-state index in [1.165, 1.54) is 32.4 Å². The maximum absolute atomic E-state index is 13.0. The number of nitrogens with one attached hydrogen (secondary N) is 1. The third-order valence-electron chi connectivity index (χ3n) is 4.28. The molecule has 1 fully saturated rings. The van der Waals surface area contributed by atoms with E-state index in [1.807, 2.05) is 0 Å². The number of methoxy groups -OCH3 is 2. The van der Waals surface area contributed by atoms with Crippen LogP contribution in [-0.2, 0) is 9.59 Å². The summed E-state index contributed by atoms with van der Waals surface area (Å²) in [4.78, 5) is 38.6. The maximum atomic E-state index is 13.0. The summed E-state index contributed by atoms with van der Waals surface area (Å²) >= 11 is 12.2. The van der Waals surface area contributed by atoms with Crippen LogP contribution in [0, 0.1) is 6.92 Å². The van der Waals surface area contributed by atoms with E-state index < -0.39 is 17.8 Å². The lowest BCUT2D eigenvalue weighted by Gasteiger charge is -2.27. The minimum Gasteiger partial charge on any atom is -0.493 e. The number of hydrogen-bond acceptors (Lipinski definition) is 5. The molecule has 2 aromatic rings. The first-order valence-corrected chi connectivity index (χ1v) is 9.11. The molecule has 9 heteroatoms. The minimum atomic E-state index is -0.854. The van der Waals surface area contributed by atoms with Crippen LogP contribution in [0.1, 0.15) is 11.1 Å². The first-order valence-electron chi connectivity index (χ1n) is 8.36. The van der Waals surface area contributed by atoms with Gasteiger partial charge < -0.3 is 9.47 Å². The Morgan fingerprint density at radius 3 is 2.41 bits per heavy atom. The van der Waals surface area contributed by atoms with Gasteiger partial charge in [-0.05, 0) is 48.4 Å². The predicted molar refractivity (Wildman–Crippen MR) is 110 cm³/mol. The molecular formula is C20H16Cl2N2O5. The number of amides is 4. The molecule has 1 aliphatic rings. The Morgan fingerprint density at radius 1 is 1.03 bits per heavy atom. The number of carbonyl (C=O) groups is 3.